The fourth-order valence-electron chi connectivity index (χ4n) is 1.67. The van der Waals surface area contributed by atoms with Crippen molar-refractivity contribution in [2.45, 2.75) is 26.8 Å². The number of nitrogens with zero attached hydrogens (tertiary/aromatic N) is 1. The average molecular weight is 328 g/mol. The Labute approximate surface area is 121 Å². The molecule has 0 aromatic heterocycles. The van der Waals surface area contributed by atoms with Crippen LogP contribution in [-0.4, -0.2) is 23.0 Å². The minimum atomic E-state index is -0.509. The van der Waals surface area contributed by atoms with Crippen molar-refractivity contribution in [2.75, 3.05) is 0 Å². The van der Waals surface area contributed by atoms with Gasteiger partial charge in [-0.2, -0.15) is 0 Å². The molecule has 0 heterocycles. The molecule has 0 saturated carbocycles. The zero-order chi connectivity index (χ0) is 14.6. The van der Waals surface area contributed by atoms with E-state index in [1.807, 2.05) is 32.9 Å². The predicted octanol–water partition coefficient (Wildman–Crippen LogP) is 2.26. The van der Waals surface area contributed by atoms with Crippen LogP contribution in [0.1, 0.15) is 29.8 Å². The number of nitrogens with one attached hydrogen (secondary N) is 1. The average Bonchev–Trinajstić information content (AvgIpc) is 2.34. The monoisotopic (exact) mass is 327 g/mol. The van der Waals surface area contributed by atoms with E-state index in [1.165, 1.54) is 0 Å². The molecular formula is C13H18BrN3O2. The van der Waals surface area contributed by atoms with Gasteiger partial charge in [-0.25, -0.2) is 0 Å². The lowest BCUT2D eigenvalue weighted by atomic mass is 10.0. The van der Waals surface area contributed by atoms with Gasteiger partial charge in [0.25, 0.3) is 5.91 Å². The normalized spacial score (nSPS) is 13.4. The Hall–Kier alpha value is -1.56. The van der Waals surface area contributed by atoms with E-state index in [2.05, 4.69) is 26.4 Å². The zero-order valence-electron chi connectivity index (χ0n) is 11.1. The summed E-state index contributed by atoms with van der Waals surface area (Å²) in [6, 6.07) is 4.94. The van der Waals surface area contributed by atoms with Crippen molar-refractivity contribution >= 4 is 27.7 Å². The van der Waals surface area contributed by atoms with Crippen LogP contribution in [0.2, 0.25) is 0 Å². The molecule has 6 heteroatoms. The minimum absolute atomic E-state index is 0.00779. The first kappa shape index (κ1) is 15.5. The first-order valence-corrected chi connectivity index (χ1v) is 6.70. The number of hydrogen-bond acceptors (Lipinski definition) is 3. The molecule has 1 unspecified atom stereocenters. The lowest BCUT2D eigenvalue weighted by Crippen LogP contribution is -2.47. The van der Waals surface area contributed by atoms with Crippen LogP contribution in [0.3, 0.4) is 0 Å². The van der Waals surface area contributed by atoms with E-state index >= 15 is 0 Å². The Morgan fingerprint density at radius 1 is 1.47 bits per heavy atom. The molecule has 1 amide bonds. The van der Waals surface area contributed by atoms with Crippen molar-refractivity contribution in [1.29, 1.82) is 0 Å². The van der Waals surface area contributed by atoms with E-state index in [1.54, 1.807) is 6.07 Å². The maximum Gasteiger partial charge on any atom is 0.253 e. The van der Waals surface area contributed by atoms with Gasteiger partial charge in [-0.3, -0.25) is 4.79 Å². The van der Waals surface area contributed by atoms with Crippen molar-refractivity contribution in [1.82, 2.24) is 5.32 Å². The summed E-state index contributed by atoms with van der Waals surface area (Å²) in [7, 11) is 0. The fourth-order valence-corrected chi connectivity index (χ4v) is 2.34. The van der Waals surface area contributed by atoms with Crippen molar-refractivity contribution in [3.63, 3.8) is 0 Å². The van der Waals surface area contributed by atoms with Gasteiger partial charge in [0.2, 0.25) is 0 Å². The summed E-state index contributed by atoms with van der Waals surface area (Å²) in [5, 5.41) is 14.5. The molecule has 0 aliphatic rings. The lowest BCUT2D eigenvalue weighted by Gasteiger charge is -2.21. The van der Waals surface area contributed by atoms with Crippen LogP contribution in [0.15, 0.2) is 27.8 Å². The van der Waals surface area contributed by atoms with Gasteiger partial charge in [-0.15, -0.1) is 0 Å². The van der Waals surface area contributed by atoms with Crippen molar-refractivity contribution < 1.29 is 10.0 Å². The molecule has 0 aliphatic heterocycles. The van der Waals surface area contributed by atoms with E-state index < -0.39 is 6.04 Å². The highest BCUT2D eigenvalue weighted by atomic mass is 79.9. The summed E-state index contributed by atoms with van der Waals surface area (Å²) in [6.45, 7) is 5.71. The highest BCUT2D eigenvalue weighted by Crippen LogP contribution is 2.18. The minimum Gasteiger partial charge on any atom is -0.409 e. The third kappa shape index (κ3) is 3.96. The standard InChI is InChI=1S/C13H18BrN3O2/c1-7(2)11(12(15)17-19)16-13(18)9-5-4-8(3)6-10(9)14/h4-7,11,19H,1-3H3,(H2,15,17)(H,16,18). The number of oxime groups is 1. The summed E-state index contributed by atoms with van der Waals surface area (Å²) < 4.78 is 0.715. The summed E-state index contributed by atoms with van der Waals surface area (Å²) in [5.41, 5.74) is 7.15. The highest BCUT2D eigenvalue weighted by Gasteiger charge is 2.22. The molecule has 0 spiro atoms. The lowest BCUT2D eigenvalue weighted by molar-refractivity contribution is 0.0938. The van der Waals surface area contributed by atoms with Gasteiger partial charge in [0.15, 0.2) is 5.84 Å². The van der Waals surface area contributed by atoms with E-state index in [0.29, 0.717) is 10.0 Å². The van der Waals surface area contributed by atoms with Crippen LogP contribution >= 0.6 is 15.9 Å². The molecule has 0 saturated heterocycles. The Kier molecular flexibility index (Phi) is 5.35. The van der Waals surface area contributed by atoms with E-state index in [0.717, 1.165) is 5.56 Å². The molecule has 1 rings (SSSR count). The maximum atomic E-state index is 12.2. The molecule has 1 atom stereocenters. The summed E-state index contributed by atoms with van der Waals surface area (Å²) in [4.78, 5) is 12.2. The summed E-state index contributed by atoms with van der Waals surface area (Å²) in [6.07, 6.45) is 0. The van der Waals surface area contributed by atoms with E-state index in [4.69, 9.17) is 10.9 Å². The van der Waals surface area contributed by atoms with Gasteiger partial charge >= 0.3 is 0 Å². The number of amidine groups is 1. The third-order valence-corrected chi connectivity index (χ3v) is 3.41. The SMILES string of the molecule is Cc1ccc(C(=O)NC(/C(N)=N/O)C(C)C)c(Br)c1. The number of hydrogen-bond donors (Lipinski definition) is 3. The predicted molar refractivity (Wildman–Crippen MR) is 78.4 cm³/mol. The Morgan fingerprint density at radius 3 is 2.58 bits per heavy atom. The first-order chi connectivity index (χ1) is 8.86. The van der Waals surface area contributed by atoms with Gasteiger partial charge < -0.3 is 16.3 Å². The van der Waals surface area contributed by atoms with Crippen LogP contribution in [0, 0.1) is 12.8 Å². The number of carbonyl (C=O) groups excluding carboxylic acids is 1. The maximum absolute atomic E-state index is 12.2. The summed E-state index contributed by atoms with van der Waals surface area (Å²) >= 11 is 3.36. The molecule has 5 nitrogen and oxygen atoms in total. The number of carbonyl (C=O) groups is 1. The molecule has 104 valence electrons. The molecule has 1 aromatic rings. The number of benzene rings is 1. The number of rotatable bonds is 4. The quantitative estimate of drug-likeness (QED) is 0.343. The Balaban J connectivity index is 2.94. The molecule has 0 fully saturated rings. The second kappa shape index (κ2) is 6.56. The van der Waals surface area contributed by atoms with Gasteiger partial charge in [0, 0.05) is 4.47 Å². The van der Waals surface area contributed by atoms with Crippen LogP contribution in [0.5, 0.6) is 0 Å². The van der Waals surface area contributed by atoms with Gasteiger partial charge in [0.1, 0.15) is 0 Å². The number of halogens is 1. The second-order valence-electron chi connectivity index (χ2n) is 4.70. The van der Waals surface area contributed by atoms with E-state index in [-0.39, 0.29) is 17.7 Å². The van der Waals surface area contributed by atoms with E-state index in [9.17, 15) is 4.79 Å². The largest absolute Gasteiger partial charge is 0.409 e. The van der Waals surface area contributed by atoms with Crippen LogP contribution in [0.4, 0.5) is 0 Å². The number of aryl methyl sites for hydroxylation is 1. The van der Waals surface area contributed by atoms with Gasteiger partial charge in [-0.1, -0.05) is 25.1 Å². The fraction of sp³-hybridized carbons (Fsp3) is 0.385. The number of amides is 1. The zero-order valence-corrected chi connectivity index (χ0v) is 12.7. The smallest absolute Gasteiger partial charge is 0.253 e. The Bertz CT molecular complexity index is 501. The van der Waals surface area contributed by atoms with Gasteiger partial charge in [-0.05, 0) is 46.5 Å². The molecule has 0 aliphatic carbocycles. The Morgan fingerprint density at radius 2 is 2.11 bits per heavy atom. The van der Waals surface area contributed by atoms with Crippen LogP contribution in [-0.2, 0) is 0 Å². The molecule has 19 heavy (non-hydrogen) atoms. The van der Waals surface area contributed by atoms with Gasteiger partial charge in [0.05, 0.1) is 11.6 Å². The molecular weight excluding hydrogens is 310 g/mol. The van der Waals surface area contributed by atoms with Crippen molar-refractivity contribution in [3.8, 4) is 0 Å². The van der Waals surface area contributed by atoms with Crippen molar-refractivity contribution in [3.05, 3.63) is 33.8 Å². The highest BCUT2D eigenvalue weighted by molar-refractivity contribution is 9.10. The second-order valence-corrected chi connectivity index (χ2v) is 5.56. The van der Waals surface area contributed by atoms with Crippen LogP contribution < -0.4 is 11.1 Å². The summed E-state index contributed by atoms with van der Waals surface area (Å²) in [5.74, 6) is -0.257. The third-order valence-electron chi connectivity index (χ3n) is 2.76. The first-order valence-electron chi connectivity index (χ1n) is 5.91. The molecule has 4 N–H and O–H groups in total. The van der Waals surface area contributed by atoms with Crippen LogP contribution in [0.25, 0.3) is 0 Å². The topological polar surface area (TPSA) is 87.7 Å². The number of nitrogens with two attached hydrogens (primary N) is 1. The molecule has 0 radical (unpaired) electrons. The molecule has 1 aromatic carbocycles. The molecule has 0 bridgehead atoms. The van der Waals surface area contributed by atoms with Crippen molar-refractivity contribution in [2.24, 2.45) is 16.8 Å².